The molecule has 1 saturated carbocycles. The standard InChI is InChI=1S/C19H22N6O2/c20-14-6-8-16(9-7-14)25-12-17(22-24-25)19(26)21-11-15-10-18(27-23-15)13-4-2-1-3-5-13/h1-5,10,12,14,16H,6-9,11,20H2,(H,21,26). The third-order valence-corrected chi connectivity index (χ3v) is 4.91. The van der Waals surface area contributed by atoms with Crippen LogP contribution in [0.5, 0.6) is 0 Å². The Bertz CT molecular complexity index is 896. The zero-order valence-electron chi connectivity index (χ0n) is 14.9. The zero-order chi connectivity index (χ0) is 18.6. The van der Waals surface area contributed by atoms with E-state index in [1.165, 1.54) is 0 Å². The first-order chi connectivity index (χ1) is 13.2. The molecule has 1 aromatic carbocycles. The fourth-order valence-corrected chi connectivity index (χ4v) is 3.32. The van der Waals surface area contributed by atoms with E-state index in [1.54, 1.807) is 10.9 Å². The van der Waals surface area contributed by atoms with E-state index in [4.69, 9.17) is 10.3 Å². The van der Waals surface area contributed by atoms with Gasteiger partial charge in [-0.2, -0.15) is 0 Å². The number of nitrogens with two attached hydrogens (primary N) is 1. The van der Waals surface area contributed by atoms with Crippen LogP contribution in [0.25, 0.3) is 11.3 Å². The number of rotatable bonds is 5. The van der Waals surface area contributed by atoms with Crippen molar-refractivity contribution in [1.29, 1.82) is 0 Å². The van der Waals surface area contributed by atoms with Crippen molar-refractivity contribution in [3.05, 3.63) is 54.0 Å². The van der Waals surface area contributed by atoms with Crippen LogP contribution in [0.3, 0.4) is 0 Å². The molecule has 1 amide bonds. The van der Waals surface area contributed by atoms with Gasteiger partial charge in [-0.25, -0.2) is 4.68 Å². The predicted octanol–water partition coefficient (Wildman–Crippen LogP) is 2.31. The van der Waals surface area contributed by atoms with Gasteiger partial charge < -0.3 is 15.6 Å². The summed E-state index contributed by atoms with van der Waals surface area (Å²) in [7, 11) is 0. The molecule has 8 nitrogen and oxygen atoms in total. The normalized spacial score (nSPS) is 19.7. The highest BCUT2D eigenvalue weighted by Gasteiger charge is 2.22. The number of amides is 1. The topological polar surface area (TPSA) is 112 Å². The van der Waals surface area contributed by atoms with Crippen molar-refractivity contribution < 1.29 is 9.32 Å². The van der Waals surface area contributed by atoms with Crippen LogP contribution in [0, 0.1) is 0 Å². The molecule has 0 spiro atoms. The van der Waals surface area contributed by atoms with Crippen LogP contribution in [0.15, 0.2) is 47.1 Å². The van der Waals surface area contributed by atoms with Crippen LogP contribution in [0.2, 0.25) is 0 Å². The number of aromatic nitrogens is 4. The lowest BCUT2D eigenvalue weighted by molar-refractivity contribution is 0.0945. The summed E-state index contributed by atoms with van der Waals surface area (Å²) in [6.45, 7) is 0.264. The third-order valence-electron chi connectivity index (χ3n) is 4.91. The van der Waals surface area contributed by atoms with E-state index in [9.17, 15) is 4.79 Å². The van der Waals surface area contributed by atoms with Gasteiger partial charge in [0.25, 0.3) is 5.91 Å². The van der Waals surface area contributed by atoms with E-state index < -0.39 is 0 Å². The lowest BCUT2D eigenvalue weighted by Crippen LogP contribution is -2.28. The van der Waals surface area contributed by atoms with Gasteiger partial charge in [0.2, 0.25) is 0 Å². The van der Waals surface area contributed by atoms with E-state index >= 15 is 0 Å². The van der Waals surface area contributed by atoms with Crippen LogP contribution in [-0.2, 0) is 6.54 Å². The van der Waals surface area contributed by atoms with Gasteiger partial charge in [-0.1, -0.05) is 40.7 Å². The van der Waals surface area contributed by atoms with E-state index in [1.807, 2.05) is 36.4 Å². The van der Waals surface area contributed by atoms with Gasteiger partial charge in [-0.3, -0.25) is 4.79 Å². The Hall–Kier alpha value is -3.00. The van der Waals surface area contributed by atoms with Crippen LogP contribution < -0.4 is 11.1 Å². The fourth-order valence-electron chi connectivity index (χ4n) is 3.32. The third kappa shape index (κ3) is 4.06. The minimum atomic E-state index is -0.280. The molecule has 1 fully saturated rings. The summed E-state index contributed by atoms with van der Waals surface area (Å²) < 4.78 is 7.12. The second-order valence-electron chi connectivity index (χ2n) is 6.88. The minimum absolute atomic E-state index is 0.264. The minimum Gasteiger partial charge on any atom is -0.356 e. The molecule has 3 N–H and O–H groups in total. The highest BCUT2D eigenvalue weighted by molar-refractivity contribution is 5.91. The predicted molar refractivity (Wildman–Crippen MR) is 98.6 cm³/mol. The molecular formula is C19H22N6O2. The smallest absolute Gasteiger partial charge is 0.273 e. The van der Waals surface area contributed by atoms with Crippen LogP contribution in [-0.4, -0.2) is 32.1 Å². The molecule has 2 heterocycles. The molecule has 0 atom stereocenters. The van der Waals surface area contributed by atoms with Crippen molar-refractivity contribution in [2.24, 2.45) is 5.73 Å². The van der Waals surface area contributed by atoms with E-state index in [2.05, 4.69) is 20.8 Å². The number of carbonyl (C=O) groups is 1. The molecule has 0 bridgehead atoms. The lowest BCUT2D eigenvalue weighted by atomic mass is 9.92. The summed E-state index contributed by atoms with van der Waals surface area (Å²) in [5.41, 5.74) is 7.83. The first kappa shape index (κ1) is 17.4. The van der Waals surface area contributed by atoms with Gasteiger partial charge in [0.05, 0.1) is 18.8 Å². The SMILES string of the molecule is NC1CCC(n2cc(C(=O)NCc3cc(-c4ccccc4)on3)nn2)CC1. The summed E-state index contributed by atoms with van der Waals surface area (Å²) in [5.74, 6) is 0.388. The van der Waals surface area contributed by atoms with Gasteiger partial charge in [0, 0.05) is 17.7 Å². The number of carbonyl (C=O) groups excluding carboxylic acids is 1. The molecule has 2 aromatic heterocycles. The first-order valence-corrected chi connectivity index (χ1v) is 9.15. The fraction of sp³-hybridized carbons (Fsp3) is 0.368. The summed E-state index contributed by atoms with van der Waals surface area (Å²) in [6, 6.07) is 12.1. The summed E-state index contributed by atoms with van der Waals surface area (Å²) in [6.07, 6.45) is 5.58. The second-order valence-corrected chi connectivity index (χ2v) is 6.88. The highest BCUT2D eigenvalue weighted by Crippen LogP contribution is 2.26. The number of nitrogens with one attached hydrogen (secondary N) is 1. The number of benzene rings is 1. The Balaban J connectivity index is 1.34. The van der Waals surface area contributed by atoms with Crippen LogP contribution in [0.4, 0.5) is 0 Å². The van der Waals surface area contributed by atoms with E-state index in [0.29, 0.717) is 17.1 Å². The lowest BCUT2D eigenvalue weighted by Gasteiger charge is -2.25. The Kier molecular flexibility index (Phi) is 4.97. The Morgan fingerprint density at radius 3 is 2.78 bits per heavy atom. The van der Waals surface area contributed by atoms with Gasteiger partial charge in [-0.15, -0.1) is 5.10 Å². The second kappa shape index (κ2) is 7.71. The molecule has 0 radical (unpaired) electrons. The van der Waals surface area contributed by atoms with Gasteiger partial charge in [-0.05, 0) is 25.7 Å². The molecule has 0 unspecified atom stereocenters. The van der Waals surface area contributed by atoms with Crippen LogP contribution in [0.1, 0.15) is 47.9 Å². The molecular weight excluding hydrogens is 344 g/mol. The maximum atomic E-state index is 12.3. The molecule has 1 aliphatic rings. The van der Waals surface area contributed by atoms with Crippen molar-refractivity contribution in [1.82, 2.24) is 25.5 Å². The van der Waals surface area contributed by atoms with Crippen molar-refractivity contribution >= 4 is 5.91 Å². The Labute approximate surface area is 156 Å². The largest absolute Gasteiger partial charge is 0.356 e. The van der Waals surface area contributed by atoms with Crippen molar-refractivity contribution in [3.8, 4) is 11.3 Å². The van der Waals surface area contributed by atoms with Gasteiger partial charge >= 0.3 is 0 Å². The average Bonchev–Trinajstić information content (AvgIpc) is 3.37. The molecule has 3 aromatic rings. The molecule has 1 aliphatic carbocycles. The molecule has 0 aliphatic heterocycles. The van der Waals surface area contributed by atoms with Crippen molar-refractivity contribution in [2.45, 2.75) is 44.3 Å². The summed E-state index contributed by atoms with van der Waals surface area (Å²) in [4.78, 5) is 12.3. The quantitative estimate of drug-likeness (QED) is 0.716. The number of nitrogens with zero attached hydrogens (tertiary/aromatic N) is 4. The van der Waals surface area contributed by atoms with Gasteiger partial charge in [0.1, 0.15) is 5.69 Å². The Morgan fingerprint density at radius 2 is 2.00 bits per heavy atom. The number of hydrogen-bond acceptors (Lipinski definition) is 6. The molecule has 4 rings (SSSR count). The first-order valence-electron chi connectivity index (χ1n) is 9.15. The maximum Gasteiger partial charge on any atom is 0.273 e. The van der Waals surface area contributed by atoms with Crippen LogP contribution >= 0.6 is 0 Å². The van der Waals surface area contributed by atoms with Crippen molar-refractivity contribution in [2.75, 3.05) is 0 Å². The van der Waals surface area contributed by atoms with E-state index in [-0.39, 0.29) is 24.5 Å². The average molecular weight is 366 g/mol. The van der Waals surface area contributed by atoms with E-state index in [0.717, 1.165) is 31.2 Å². The molecule has 0 saturated heterocycles. The van der Waals surface area contributed by atoms with Crippen molar-refractivity contribution in [3.63, 3.8) is 0 Å². The number of hydrogen-bond donors (Lipinski definition) is 2. The monoisotopic (exact) mass is 366 g/mol. The van der Waals surface area contributed by atoms with Gasteiger partial charge in [0.15, 0.2) is 11.5 Å². The Morgan fingerprint density at radius 1 is 1.22 bits per heavy atom. The maximum absolute atomic E-state index is 12.3. The highest BCUT2D eigenvalue weighted by atomic mass is 16.5. The zero-order valence-corrected chi connectivity index (χ0v) is 14.9. The summed E-state index contributed by atoms with van der Waals surface area (Å²) >= 11 is 0. The molecule has 8 heteroatoms. The molecule has 27 heavy (non-hydrogen) atoms. The molecule has 140 valence electrons. The summed E-state index contributed by atoms with van der Waals surface area (Å²) in [5, 5.41) is 14.9.